The number of carbonyl (C=O) groups is 1. The minimum absolute atomic E-state index is 0.107. The van der Waals surface area contributed by atoms with Crippen LogP contribution in [0.1, 0.15) is 35.8 Å². The largest absolute Gasteiger partial charge is 0.467 e. The van der Waals surface area contributed by atoms with Gasteiger partial charge < -0.3 is 9.47 Å². The summed E-state index contributed by atoms with van der Waals surface area (Å²) in [4.78, 5) is 19.4. The molecule has 0 saturated carbocycles. The van der Waals surface area contributed by atoms with Gasteiger partial charge in [-0.1, -0.05) is 13.8 Å². The lowest BCUT2D eigenvalue weighted by molar-refractivity contribution is 0.0597. The number of hydrogen-bond donors (Lipinski definition) is 0. The molecule has 0 aliphatic carbocycles. The highest BCUT2D eigenvalue weighted by atomic mass is 16.5. The van der Waals surface area contributed by atoms with Crippen molar-refractivity contribution in [2.24, 2.45) is 0 Å². The van der Waals surface area contributed by atoms with Crippen LogP contribution >= 0.6 is 0 Å². The van der Waals surface area contributed by atoms with Gasteiger partial charge in [-0.2, -0.15) is 4.98 Å². The third kappa shape index (κ3) is 2.43. The number of rotatable bonds is 3. The summed E-state index contributed by atoms with van der Waals surface area (Å²) in [7, 11) is 2.81. The monoisotopic (exact) mass is 210 g/mol. The first-order valence-corrected chi connectivity index (χ1v) is 4.59. The van der Waals surface area contributed by atoms with Gasteiger partial charge in [-0.25, -0.2) is 9.78 Å². The zero-order valence-electron chi connectivity index (χ0n) is 9.27. The van der Waals surface area contributed by atoms with Crippen molar-refractivity contribution >= 4 is 5.97 Å². The van der Waals surface area contributed by atoms with Crippen molar-refractivity contribution in [1.82, 2.24) is 9.97 Å². The third-order valence-corrected chi connectivity index (χ3v) is 1.93. The van der Waals surface area contributed by atoms with E-state index in [0.29, 0.717) is 11.3 Å². The van der Waals surface area contributed by atoms with Gasteiger partial charge >= 0.3 is 12.0 Å². The van der Waals surface area contributed by atoms with E-state index in [1.807, 2.05) is 13.8 Å². The Morgan fingerprint density at radius 2 is 2.07 bits per heavy atom. The molecule has 0 spiro atoms. The summed E-state index contributed by atoms with van der Waals surface area (Å²) in [6.45, 7) is 3.88. The first kappa shape index (κ1) is 11.4. The molecule has 1 rings (SSSR count). The lowest BCUT2D eigenvalue weighted by atomic mass is 10.1. The topological polar surface area (TPSA) is 61.3 Å². The van der Waals surface area contributed by atoms with Gasteiger partial charge in [0.05, 0.1) is 25.5 Å². The second kappa shape index (κ2) is 4.72. The van der Waals surface area contributed by atoms with E-state index in [4.69, 9.17) is 4.74 Å². The summed E-state index contributed by atoms with van der Waals surface area (Å²) in [6, 6.07) is 0.256. The van der Waals surface area contributed by atoms with Crippen molar-refractivity contribution in [3.05, 3.63) is 17.5 Å². The normalized spacial score (nSPS) is 10.2. The fourth-order valence-corrected chi connectivity index (χ4v) is 1.18. The summed E-state index contributed by atoms with van der Waals surface area (Å²) >= 11 is 0. The Balaban J connectivity index is 3.21. The maximum atomic E-state index is 11.4. The minimum atomic E-state index is -0.429. The van der Waals surface area contributed by atoms with Gasteiger partial charge in [0.25, 0.3) is 0 Å². The van der Waals surface area contributed by atoms with Crippen LogP contribution in [0.3, 0.4) is 0 Å². The van der Waals surface area contributed by atoms with Crippen molar-refractivity contribution in [2.75, 3.05) is 14.2 Å². The van der Waals surface area contributed by atoms with Gasteiger partial charge in [0.15, 0.2) is 0 Å². The van der Waals surface area contributed by atoms with E-state index in [0.717, 1.165) is 0 Å². The molecule has 0 radical (unpaired) electrons. The molecule has 15 heavy (non-hydrogen) atoms. The summed E-state index contributed by atoms with van der Waals surface area (Å²) < 4.78 is 9.54. The smallest absolute Gasteiger partial charge is 0.341 e. The van der Waals surface area contributed by atoms with Crippen LogP contribution in [0.4, 0.5) is 0 Å². The van der Waals surface area contributed by atoms with Gasteiger partial charge in [0.1, 0.15) is 0 Å². The molecule has 0 N–H and O–H groups in total. The van der Waals surface area contributed by atoms with Gasteiger partial charge in [-0.15, -0.1) is 0 Å². The Labute approximate surface area is 88.4 Å². The van der Waals surface area contributed by atoms with Crippen molar-refractivity contribution in [3.63, 3.8) is 0 Å². The van der Waals surface area contributed by atoms with Crippen LogP contribution in [0.5, 0.6) is 6.01 Å². The van der Waals surface area contributed by atoms with Gasteiger partial charge in [-0.05, 0) is 5.92 Å². The van der Waals surface area contributed by atoms with Crippen molar-refractivity contribution in [2.45, 2.75) is 19.8 Å². The van der Waals surface area contributed by atoms with Crippen LogP contribution in [-0.2, 0) is 4.74 Å². The van der Waals surface area contributed by atoms with Gasteiger partial charge in [0, 0.05) is 6.20 Å². The highest BCUT2D eigenvalue weighted by molar-refractivity contribution is 5.90. The molecule has 0 aliphatic rings. The molecule has 0 aromatic carbocycles. The molecule has 0 fully saturated rings. The molecule has 5 heteroatoms. The molecular weight excluding hydrogens is 196 g/mol. The van der Waals surface area contributed by atoms with E-state index in [9.17, 15) is 4.79 Å². The predicted octanol–water partition coefficient (Wildman–Crippen LogP) is 1.40. The van der Waals surface area contributed by atoms with Crippen molar-refractivity contribution in [3.8, 4) is 6.01 Å². The summed E-state index contributed by atoms with van der Waals surface area (Å²) in [6.07, 6.45) is 1.42. The van der Waals surface area contributed by atoms with Crippen molar-refractivity contribution in [1.29, 1.82) is 0 Å². The van der Waals surface area contributed by atoms with E-state index in [1.54, 1.807) is 0 Å². The van der Waals surface area contributed by atoms with Crippen LogP contribution in [0.25, 0.3) is 0 Å². The Morgan fingerprint density at radius 3 is 2.53 bits per heavy atom. The van der Waals surface area contributed by atoms with Gasteiger partial charge in [-0.3, -0.25) is 0 Å². The van der Waals surface area contributed by atoms with Crippen LogP contribution < -0.4 is 4.74 Å². The lowest BCUT2D eigenvalue weighted by Crippen LogP contribution is -2.10. The second-order valence-electron chi connectivity index (χ2n) is 3.30. The molecule has 5 nitrogen and oxygen atoms in total. The fraction of sp³-hybridized carbons (Fsp3) is 0.500. The number of ether oxygens (including phenoxy) is 2. The summed E-state index contributed by atoms with van der Waals surface area (Å²) in [5.74, 6) is -0.322. The fourth-order valence-electron chi connectivity index (χ4n) is 1.18. The maximum Gasteiger partial charge on any atom is 0.341 e. The van der Waals surface area contributed by atoms with Gasteiger partial charge in [0.2, 0.25) is 0 Å². The Morgan fingerprint density at radius 1 is 1.40 bits per heavy atom. The standard InChI is InChI=1S/C10H14N2O3/c1-6(2)8-7(9(13)14-3)5-11-10(12-8)15-4/h5-6H,1-4H3. The third-order valence-electron chi connectivity index (χ3n) is 1.93. The number of methoxy groups -OCH3 is 2. The molecular formula is C10H14N2O3. The summed E-state index contributed by atoms with van der Waals surface area (Å²) in [5.41, 5.74) is 1.02. The molecule has 0 bridgehead atoms. The Hall–Kier alpha value is -1.65. The van der Waals surface area contributed by atoms with E-state index in [1.165, 1.54) is 20.4 Å². The summed E-state index contributed by atoms with van der Waals surface area (Å²) in [5, 5.41) is 0. The zero-order chi connectivity index (χ0) is 11.4. The molecule has 0 atom stereocenters. The quantitative estimate of drug-likeness (QED) is 0.705. The number of hydrogen-bond acceptors (Lipinski definition) is 5. The first-order chi connectivity index (χ1) is 7.10. The Kier molecular flexibility index (Phi) is 3.60. The molecule has 0 saturated heterocycles. The van der Waals surface area contributed by atoms with Crippen LogP contribution in [0.15, 0.2) is 6.20 Å². The molecule has 1 heterocycles. The highest BCUT2D eigenvalue weighted by Gasteiger charge is 2.17. The zero-order valence-corrected chi connectivity index (χ0v) is 9.27. The van der Waals surface area contributed by atoms with E-state index in [2.05, 4.69) is 14.7 Å². The molecule has 0 unspecified atom stereocenters. The van der Waals surface area contributed by atoms with Crippen molar-refractivity contribution < 1.29 is 14.3 Å². The molecule has 1 aromatic heterocycles. The number of aromatic nitrogens is 2. The average molecular weight is 210 g/mol. The van der Waals surface area contributed by atoms with Crippen LogP contribution in [-0.4, -0.2) is 30.2 Å². The molecule has 82 valence electrons. The van der Waals surface area contributed by atoms with Crippen LogP contribution in [0, 0.1) is 0 Å². The van der Waals surface area contributed by atoms with Crippen LogP contribution in [0.2, 0.25) is 0 Å². The lowest BCUT2D eigenvalue weighted by Gasteiger charge is -2.10. The maximum absolute atomic E-state index is 11.4. The molecule has 0 aliphatic heterocycles. The van der Waals surface area contributed by atoms with E-state index >= 15 is 0 Å². The SMILES string of the molecule is COC(=O)c1cnc(OC)nc1C(C)C. The predicted molar refractivity (Wildman–Crippen MR) is 54.0 cm³/mol. The average Bonchev–Trinajstić information content (AvgIpc) is 2.27. The first-order valence-electron chi connectivity index (χ1n) is 4.59. The van der Waals surface area contributed by atoms with E-state index < -0.39 is 5.97 Å². The minimum Gasteiger partial charge on any atom is -0.467 e. The highest BCUT2D eigenvalue weighted by Crippen LogP contribution is 2.19. The van der Waals surface area contributed by atoms with E-state index in [-0.39, 0.29) is 11.9 Å². The molecule has 0 amide bonds. The Bertz CT molecular complexity index is 364. The number of carbonyl (C=O) groups excluding carboxylic acids is 1. The number of esters is 1. The second-order valence-corrected chi connectivity index (χ2v) is 3.30. The number of nitrogens with zero attached hydrogens (tertiary/aromatic N) is 2. The molecule has 1 aromatic rings.